The van der Waals surface area contributed by atoms with Gasteiger partial charge in [0.15, 0.2) is 0 Å². The number of benzene rings is 5. The molecule has 7 rings (SSSR count). The summed E-state index contributed by atoms with van der Waals surface area (Å²) in [4.78, 5) is 0. The molecule has 0 atom stereocenters. The maximum Gasteiger partial charge on any atom is 0.0728 e. The minimum absolute atomic E-state index is 0.270. The first-order valence-corrected chi connectivity index (χ1v) is 11.3. The Bertz CT molecular complexity index is 1460. The van der Waals surface area contributed by atoms with E-state index in [0.29, 0.717) is 0 Å². The summed E-state index contributed by atoms with van der Waals surface area (Å²) >= 11 is 0. The highest BCUT2D eigenvalue weighted by Gasteiger charge is 2.52. The van der Waals surface area contributed by atoms with Crippen molar-refractivity contribution < 1.29 is 0 Å². The summed E-state index contributed by atoms with van der Waals surface area (Å²) in [7, 11) is 0. The Morgan fingerprint density at radius 2 is 0.844 bits per heavy atom. The molecule has 0 heteroatoms. The average molecular weight is 407 g/mol. The molecule has 0 fully saturated rings. The van der Waals surface area contributed by atoms with Gasteiger partial charge in [-0.05, 0) is 68.1 Å². The first-order chi connectivity index (χ1) is 15.8. The van der Waals surface area contributed by atoms with Crippen LogP contribution in [-0.2, 0) is 5.41 Å². The smallest absolute Gasteiger partial charge is 0.0622 e. The van der Waals surface area contributed by atoms with Crippen LogP contribution in [0.2, 0.25) is 0 Å². The summed E-state index contributed by atoms with van der Waals surface area (Å²) in [5, 5.41) is 0. The zero-order chi connectivity index (χ0) is 21.3. The van der Waals surface area contributed by atoms with Gasteiger partial charge < -0.3 is 0 Å². The van der Waals surface area contributed by atoms with Crippen molar-refractivity contribution in [3.8, 4) is 33.4 Å². The van der Waals surface area contributed by atoms with E-state index in [1.807, 2.05) is 0 Å². The Kier molecular flexibility index (Phi) is 3.50. The molecule has 5 aromatic carbocycles. The van der Waals surface area contributed by atoms with Crippen LogP contribution in [0.25, 0.3) is 33.4 Å². The molecular weight excluding hydrogens is 384 g/mol. The van der Waals surface area contributed by atoms with Gasteiger partial charge >= 0.3 is 0 Å². The first kappa shape index (κ1) is 17.7. The van der Waals surface area contributed by atoms with Crippen LogP contribution < -0.4 is 0 Å². The van der Waals surface area contributed by atoms with Crippen LogP contribution >= 0.6 is 0 Å². The van der Waals surface area contributed by atoms with Gasteiger partial charge in [0.25, 0.3) is 0 Å². The fraction of sp³-hybridized carbons (Fsp3) is 0.0625. The molecule has 2 aliphatic rings. The molecule has 2 aliphatic carbocycles. The molecule has 5 aromatic rings. The average Bonchev–Trinajstić information content (AvgIpc) is 3.33. The van der Waals surface area contributed by atoms with Crippen molar-refractivity contribution in [3.05, 3.63) is 143 Å². The van der Waals surface area contributed by atoms with Gasteiger partial charge in [0.05, 0.1) is 5.41 Å². The summed E-state index contributed by atoms with van der Waals surface area (Å²) in [6.07, 6.45) is 0. The molecule has 32 heavy (non-hydrogen) atoms. The van der Waals surface area contributed by atoms with Crippen LogP contribution in [0.1, 0.15) is 27.8 Å². The standard InChI is InChI=1S/C32H22/c1-21-23(22-11-3-2-4-12-22)19-20-27-26-15-7-10-18-30(26)32(31(21)27)28-16-8-5-13-24(28)25-14-6-9-17-29(25)32/h2-20H,1H3. The first-order valence-electron chi connectivity index (χ1n) is 11.3. The van der Waals surface area contributed by atoms with Gasteiger partial charge in [0, 0.05) is 0 Å². The Morgan fingerprint density at radius 1 is 0.406 bits per heavy atom. The van der Waals surface area contributed by atoms with E-state index in [1.54, 1.807) is 0 Å². The third-order valence-electron chi connectivity index (χ3n) is 7.50. The predicted molar refractivity (Wildman–Crippen MR) is 133 cm³/mol. The minimum atomic E-state index is -0.270. The summed E-state index contributed by atoms with van der Waals surface area (Å²) in [5.41, 5.74) is 14.8. The van der Waals surface area contributed by atoms with E-state index in [-0.39, 0.29) is 5.41 Å². The van der Waals surface area contributed by atoms with Crippen LogP contribution in [0, 0.1) is 6.92 Å². The van der Waals surface area contributed by atoms with Crippen LogP contribution in [0.5, 0.6) is 0 Å². The molecule has 0 saturated carbocycles. The second kappa shape index (κ2) is 6.31. The van der Waals surface area contributed by atoms with Crippen molar-refractivity contribution in [2.75, 3.05) is 0 Å². The van der Waals surface area contributed by atoms with Gasteiger partial charge in [-0.15, -0.1) is 0 Å². The number of fused-ring (bicyclic) bond motifs is 10. The molecule has 0 heterocycles. The number of rotatable bonds is 1. The van der Waals surface area contributed by atoms with Crippen molar-refractivity contribution in [1.29, 1.82) is 0 Å². The molecule has 0 aliphatic heterocycles. The van der Waals surface area contributed by atoms with E-state index >= 15 is 0 Å². The van der Waals surface area contributed by atoms with Crippen LogP contribution in [-0.4, -0.2) is 0 Å². The fourth-order valence-electron chi connectivity index (χ4n) is 6.32. The number of hydrogen-bond donors (Lipinski definition) is 0. The lowest BCUT2D eigenvalue weighted by Crippen LogP contribution is -2.27. The minimum Gasteiger partial charge on any atom is -0.0622 e. The maximum absolute atomic E-state index is 2.35. The molecule has 0 aromatic heterocycles. The Balaban J connectivity index is 1.68. The molecule has 0 radical (unpaired) electrons. The van der Waals surface area contributed by atoms with Gasteiger partial charge in [0.1, 0.15) is 0 Å². The molecule has 0 unspecified atom stereocenters. The number of hydrogen-bond acceptors (Lipinski definition) is 0. The molecule has 0 saturated heterocycles. The monoisotopic (exact) mass is 406 g/mol. The quantitative estimate of drug-likeness (QED) is 0.259. The second-order valence-corrected chi connectivity index (χ2v) is 8.91. The van der Waals surface area contributed by atoms with E-state index < -0.39 is 0 Å². The highest BCUT2D eigenvalue weighted by Crippen LogP contribution is 2.63. The van der Waals surface area contributed by atoms with Gasteiger partial charge in [-0.1, -0.05) is 115 Å². The summed E-state index contributed by atoms with van der Waals surface area (Å²) in [5.74, 6) is 0. The van der Waals surface area contributed by atoms with Crippen LogP contribution in [0.15, 0.2) is 115 Å². The summed E-state index contributed by atoms with van der Waals surface area (Å²) in [6, 6.07) is 42.5. The zero-order valence-corrected chi connectivity index (χ0v) is 18.0. The van der Waals surface area contributed by atoms with Crippen molar-refractivity contribution in [2.24, 2.45) is 0 Å². The second-order valence-electron chi connectivity index (χ2n) is 8.91. The van der Waals surface area contributed by atoms with Crippen molar-refractivity contribution >= 4 is 0 Å². The Labute approximate surface area is 188 Å². The summed E-state index contributed by atoms with van der Waals surface area (Å²) in [6.45, 7) is 2.32. The van der Waals surface area contributed by atoms with E-state index in [4.69, 9.17) is 0 Å². The third kappa shape index (κ3) is 2.03. The third-order valence-corrected chi connectivity index (χ3v) is 7.50. The van der Waals surface area contributed by atoms with Crippen molar-refractivity contribution in [1.82, 2.24) is 0 Å². The van der Waals surface area contributed by atoms with Crippen molar-refractivity contribution in [3.63, 3.8) is 0 Å². The highest BCUT2D eigenvalue weighted by molar-refractivity contribution is 5.96. The lowest BCUT2D eigenvalue weighted by molar-refractivity contribution is 0.787. The Hall–Kier alpha value is -3.90. The van der Waals surface area contributed by atoms with E-state index in [2.05, 4.69) is 122 Å². The van der Waals surface area contributed by atoms with Crippen LogP contribution in [0.3, 0.4) is 0 Å². The largest absolute Gasteiger partial charge is 0.0728 e. The molecule has 150 valence electrons. The maximum atomic E-state index is 2.35. The van der Waals surface area contributed by atoms with Gasteiger partial charge in [-0.2, -0.15) is 0 Å². The van der Waals surface area contributed by atoms with E-state index in [0.717, 1.165) is 0 Å². The predicted octanol–water partition coefficient (Wildman–Crippen LogP) is 8.01. The fourth-order valence-corrected chi connectivity index (χ4v) is 6.32. The van der Waals surface area contributed by atoms with Crippen LogP contribution in [0.4, 0.5) is 0 Å². The van der Waals surface area contributed by atoms with E-state index in [1.165, 1.54) is 61.2 Å². The molecule has 0 amide bonds. The van der Waals surface area contributed by atoms with Crippen molar-refractivity contribution in [2.45, 2.75) is 12.3 Å². The van der Waals surface area contributed by atoms with Gasteiger partial charge in [0.2, 0.25) is 0 Å². The van der Waals surface area contributed by atoms with E-state index in [9.17, 15) is 0 Å². The van der Waals surface area contributed by atoms with Gasteiger partial charge in [-0.25, -0.2) is 0 Å². The highest BCUT2D eigenvalue weighted by atomic mass is 14.5. The lowest BCUT2D eigenvalue weighted by atomic mass is 9.69. The molecule has 0 N–H and O–H groups in total. The molecule has 0 nitrogen and oxygen atoms in total. The lowest BCUT2D eigenvalue weighted by Gasteiger charge is -2.32. The SMILES string of the molecule is Cc1c(-c2ccccc2)ccc2c1C1(c3ccccc3-c3ccccc31)c1ccccc1-2. The summed E-state index contributed by atoms with van der Waals surface area (Å²) < 4.78 is 0. The van der Waals surface area contributed by atoms with Gasteiger partial charge in [-0.3, -0.25) is 0 Å². The molecular formula is C32H22. The molecule has 1 spiro atoms. The topological polar surface area (TPSA) is 0 Å². The molecule has 0 bridgehead atoms. The Morgan fingerprint density at radius 3 is 1.41 bits per heavy atom. The zero-order valence-electron chi connectivity index (χ0n) is 18.0. The normalized spacial score (nSPS) is 14.0.